The van der Waals surface area contributed by atoms with Crippen LogP contribution in [-0.4, -0.2) is 41.7 Å². The standard InChI is InChI=1S/C16H27ClN4O/c1-3-21(20-11-13(2)19-12-15(17)18)14-5-8-16(9-6-14)7-4-10-22-16/h11-12,14H,3-10,18H2,1-2H3/b15-12-,19-13+,20-11-. The predicted molar refractivity (Wildman–Crippen MR) is 92.3 cm³/mol. The summed E-state index contributed by atoms with van der Waals surface area (Å²) in [7, 11) is 0. The van der Waals surface area contributed by atoms with E-state index in [1.165, 1.54) is 19.0 Å². The highest BCUT2D eigenvalue weighted by atomic mass is 35.5. The van der Waals surface area contributed by atoms with Gasteiger partial charge in [-0.15, -0.1) is 0 Å². The molecule has 0 unspecified atom stereocenters. The Morgan fingerprint density at radius 3 is 2.68 bits per heavy atom. The third kappa shape index (κ3) is 4.71. The zero-order valence-corrected chi connectivity index (χ0v) is 14.4. The zero-order chi connectivity index (χ0) is 16.0. The van der Waals surface area contributed by atoms with Gasteiger partial charge in [-0.2, -0.15) is 5.10 Å². The minimum absolute atomic E-state index is 0.175. The first-order chi connectivity index (χ1) is 10.5. The van der Waals surface area contributed by atoms with Crippen LogP contribution in [0, 0.1) is 0 Å². The summed E-state index contributed by atoms with van der Waals surface area (Å²) in [6.45, 7) is 5.86. The highest BCUT2D eigenvalue weighted by Gasteiger charge is 2.39. The molecular formula is C16H27ClN4O. The monoisotopic (exact) mass is 326 g/mol. The molecule has 0 bridgehead atoms. The number of ether oxygens (including phenoxy) is 1. The molecule has 6 heteroatoms. The summed E-state index contributed by atoms with van der Waals surface area (Å²) in [4.78, 5) is 4.13. The van der Waals surface area contributed by atoms with E-state index in [-0.39, 0.29) is 10.8 Å². The molecule has 0 aromatic carbocycles. The normalized spacial score (nSPS) is 30.4. The van der Waals surface area contributed by atoms with Gasteiger partial charge in [-0.25, -0.2) is 0 Å². The lowest BCUT2D eigenvalue weighted by atomic mass is 9.80. The lowest BCUT2D eigenvalue weighted by Crippen LogP contribution is -2.41. The second-order valence-electron chi connectivity index (χ2n) is 6.15. The van der Waals surface area contributed by atoms with Crippen LogP contribution >= 0.6 is 11.6 Å². The molecule has 22 heavy (non-hydrogen) atoms. The van der Waals surface area contributed by atoms with E-state index in [0.29, 0.717) is 6.04 Å². The third-order valence-electron chi connectivity index (χ3n) is 4.58. The Hall–Kier alpha value is -1.07. The van der Waals surface area contributed by atoms with Crippen molar-refractivity contribution in [2.75, 3.05) is 13.2 Å². The van der Waals surface area contributed by atoms with E-state index in [9.17, 15) is 0 Å². The molecule has 124 valence electrons. The van der Waals surface area contributed by atoms with Crippen molar-refractivity contribution in [3.8, 4) is 0 Å². The van der Waals surface area contributed by atoms with Crippen LogP contribution in [0.15, 0.2) is 21.4 Å². The molecule has 0 radical (unpaired) electrons. The Morgan fingerprint density at radius 1 is 1.41 bits per heavy atom. The Morgan fingerprint density at radius 2 is 2.14 bits per heavy atom. The SMILES string of the molecule is CCN(\N=C/C(C)=N/C=C(\N)Cl)C1CCC2(CCCO2)CC1. The minimum atomic E-state index is 0.175. The smallest absolute Gasteiger partial charge is 0.118 e. The van der Waals surface area contributed by atoms with Crippen molar-refractivity contribution in [3.05, 3.63) is 11.4 Å². The molecule has 1 aliphatic heterocycles. The summed E-state index contributed by atoms with van der Waals surface area (Å²) in [5.74, 6) is 0. The first-order valence-electron chi connectivity index (χ1n) is 8.15. The van der Waals surface area contributed by atoms with Crippen LogP contribution in [0.2, 0.25) is 0 Å². The Labute approximate surface area is 138 Å². The molecular weight excluding hydrogens is 300 g/mol. The minimum Gasteiger partial charge on any atom is -0.388 e. The molecule has 2 N–H and O–H groups in total. The average Bonchev–Trinajstić information content (AvgIpc) is 2.96. The molecule has 0 atom stereocenters. The summed E-state index contributed by atoms with van der Waals surface area (Å²) in [6.07, 6.45) is 10.3. The Kier molecular flexibility index (Phi) is 6.26. The van der Waals surface area contributed by atoms with E-state index in [4.69, 9.17) is 22.1 Å². The van der Waals surface area contributed by atoms with Gasteiger partial charge in [0.15, 0.2) is 0 Å². The molecule has 2 aliphatic rings. The van der Waals surface area contributed by atoms with Gasteiger partial charge in [-0.1, -0.05) is 11.6 Å². The topological polar surface area (TPSA) is 63.2 Å². The second-order valence-corrected chi connectivity index (χ2v) is 6.59. The van der Waals surface area contributed by atoms with Crippen LogP contribution in [0.3, 0.4) is 0 Å². The van der Waals surface area contributed by atoms with Gasteiger partial charge in [0.1, 0.15) is 5.16 Å². The van der Waals surface area contributed by atoms with Gasteiger partial charge < -0.3 is 10.5 Å². The van der Waals surface area contributed by atoms with Crippen molar-refractivity contribution < 1.29 is 4.74 Å². The summed E-state index contributed by atoms with van der Waals surface area (Å²) >= 11 is 5.56. The van der Waals surface area contributed by atoms with Gasteiger partial charge in [0, 0.05) is 19.2 Å². The summed E-state index contributed by atoms with van der Waals surface area (Å²) in [5, 5.41) is 6.92. The number of hydrogen-bond donors (Lipinski definition) is 1. The number of halogens is 1. The van der Waals surface area contributed by atoms with Crippen molar-refractivity contribution in [2.24, 2.45) is 15.8 Å². The van der Waals surface area contributed by atoms with Crippen LogP contribution in [0.5, 0.6) is 0 Å². The van der Waals surface area contributed by atoms with Gasteiger partial charge in [-0.3, -0.25) is 10.0 Å². The fourth-order valence-corrected chi connectivity index (χ4v) is 3.41. The van der Waals surface area contributed by atoms with Crippen molar-refractivity contribution in [1.29, 1.82) is 0 Å². The first kappa shape index (κ1) is 17.3. The highest BCUT2D eigenvalue weighted by Crippen LogP contribution is 2.40. The van der Waals surface area contributed by atoms with Gasteiger partial charge in [0.05, 0.1) is 23.7 Å². The van der Waals surface area contributed by atoms with Crippen LogP contribution < -0.4 is 5.73 Å². The molecule has 1 saturated heterocycles. The number of nitrogens with two attached hydrogens (primary N) is 1. The summed E-state index contributed by atoms with van der Waals surface area (Å²) < 4.78 is 5.99. The van der Waals surface area contributed by atoms with E-state index < -0.39 is 0 Å². The number of rotatable bonds is 5. The first-order valence-corrected chi connectivity index (χ1v) is 8.52. The molecule has 2 fully saturated rings. The Balaban J connectivity index is 1.89. The second kappa shape index (κ2) is 7.97. The molecule has 0 aromatic rings. The fraction of sp³-hybridized carbons (Fsp3) is 0.750. The van der Waals surface area contributed by atoms with E-state index in [2.05, 4.69) is 22.0 Å². The quantitative estimate of drug-likeness (QED) is 0.479. The average molecular weight is 327 g/mol. The fourth-order valence-electron chi connectivity index (χ4n) is 3.36. The molecule has 1 saturated carbocycles. The lowest BCUT2D eigenvalue weighted by molar-refractivity contribution is -0.0416. The molecule has 0 amide bonds. The van der Waals surface area contributed by atoms with Crippen molar-refractivity contribution in [2.45, 2.75) is 64.0 Å². The number of hydrazone groups is 1. The number of aliphatic imine (C=N–C) groups is 1. The van der Waals surface area contributed by atoms with Crippen molar-refractivity contribution >= 4 is 23.5 Å². The maximum atomic E-state index is 5.99. The molecule has 2 rings (SSSR count). The number of nitrogens with zero attached hydrogens (tertiary/aromatic N) is 3. The maximum absolute atomic E-state index is 5.99. The van der Waals surface area contributed by atoms with Crippen LogP contribution in [0.4, 0.5) is 0 Å². The largest absolute Gasteiger partial charge is 0.388 e. The van der Waals surface area contributed by atoms with E-state index in [1.807, 2.05) is 6.92 Å². The van der Waals surface area contributed by atoms with Crippen LogP contribution in [0.25, 0.3) is 0 Å². The van der Waals surface area contributed by atoms with Crippen molar-refractivity contribution in [1.82, 2.24) is 5.01 Å². The molecule has 5 nitrogen and oxygen atoms in total. The summed E-state index contributed by atoms with van der Waals surface area (Å²) in [5.41, 5.74) is 6.32. The van der Waals surface area contributed by atoms with Crippen molar-refractivity contribution in [3.63, 3.8) is 0 Å². The van der Waals surface area contributed by atoms with E-state index in [0.717, 1.165) is 44.5 Å². The van der Waals surface area contributed by atoms with E-state index >= 15 is 0 Å². The summed E-state index contributed by atoms with van der Waals surface area (Å²) in [6, 6.07) is 0.498. The third-order valence-corrected chi connectivity index (χ3v) is 4.68. The van der Waals surface area contributed by atoms with E-state index in [1.54, 1.807) is 6.21 Å². The van der Waals surface area contributed by atoms with Gasteiger partial charge in [-0.05, 0) is 52.4 Å². The zero-order valence-electron chi connectivity index (χ0n) is 13.6. The molecule has 1 aliphatic carbocycles. The molecule has 1 spiro atoms. The Bertz CT molecular complexity index is 441. The molecule has 0 aromatic heterocycles. The predicted octanol–water partition coefficient (Wildman–Crippen LogP) is 3.24. The van der Waals surface area contributed by atoms with Crippen LogP contribution in [0.1, 0.15) is 52.4 Å². The van der Waals surface area contributed by atoms with Gasteiger partial charge >= 0.3 is 0 Å². The molecule has 1 heterocycles. The van der Waals surface area contributed by atoms with Gasteiger partial charge in [0.25, 0.3) is 0 Å². The van der Waals surface area contributed by atoms with Gasteiger partial charge in [0.2, 0.25) is 0 Å². The van der Waals surface area contributed by atoms with Crippen LogP contribution in [-0.2, 0) is 4.74 Å². The maximum Gasteiger partial charge on any atom is 0.118 e. The highest BCUT2D eigenvalue weighted by molar-refractivity contribution is 6.30. The number of hydrogen-bond acceptors (Lipinski definition) is 5. The lowest BCUT2D eigenvalue weighted by Gasteiger charge is -2.39.